The number of benzene rings is 1. The van der Waals surface area contributed by atoms with E-state index in [2.05, 4.69) is 6.92 Å². The molecule has 4 nitrogen and oxygen atoms in total. The van der Waals surface area contributed by atoms with E-state index < -0.39 is 6.10 Å². The zero-order valence-corrected chi connectivity index (χ0v) is 13.3. The summed E-state index contributed by atoms with van der Waals surface area (Å²) in [6, 6.07) is 5.46. The SMILES string of the molecule is CCCN(CC(=O)N(C)C)c1ccc([C@@H](C)O)cc1Cl. The van der Waals surface area contributed by atoms with Gasteiger partial charge in [0.05, 0.1) is 23.4 Å². The van der Waals surface area contributed by atoms with Gasteiger partial charge in [-0.3, -0.25) is 4.79 Å². The number of carbonyl (C=O) groups is 1. The van der Waals surface area contributed by atoms with Crippen LogP contribution in [0, 0.1) is 0 Å². The molecule has 0 saturated carbocycles. The van der Waals surface area contributed by atoms with Crippen LogP contribution < -0.4 is 4.90 Å². The molecular weight excluding hydrogens is 276 g/mol. The van der Waals surface area contributed by atoms with E-state index in [9.17, 15) is 9.90 Å². The fourth-order valence-corrected chi connectivity index (χ4v) is 2.21. The van der Waals surface area contributed by atoms with Gasteiger partial charge in [-0.1, -0.05) is 24.6 Å². The molecule has 20 heavy (non-hydrogen) atoms. The topological polar surface area (TPSA) is 43.8 Å². The Bertz CT molecular complexity index is 461. The predicted octanol–water partition coefficient (Wildman–Crippen LogP) is 2.70. The van der Waals surface area contributed by atoms with E-state index >= 15 is 0 Å². The van der Waals surface area contributed by atoms with Crippen molar-refractivity contribution in [3.8, 4) is 0 Å². The average molecular weight is 299 g/mol. The first-order valence-corrected chi connectivity index (χ1v) is 7.17. The van der Waals surface area contributed by atoms with Gasteiger partial charge in [-0.2, -0.15) is 0 Å². The molecule has 0 fully saturated rings. The first-order valence-electron chi connectivity index (χ1n) is 6.79. The molecule has 0 heterocycles. The number of rotatable bonds is 6. The molecule has 0 bridgehead atoms. The summed E-state index contributed by atoms with van der Waals surface area (Å²) in [6.45, 7) is 4.82. The van der Waals surface area contributed by atoms with Crippen LogP contribution in [-0.4, -0.2) is 43.1 Å². The number of likely N-dealkylation sites (N-methyl/N-ethyl adjacent to an activating group) is 1. The normalized spacial score (nSPS) is 12.1. The van der Waals surface area contributed by atoms with E-state index in [1.165, 1.54) is 0 Å². The van der Waals surface area contributed by atoms with E-state index in [-0.39, 0.29) is 5.91 Å². The van der Waals surface area contributed by atoms with E-state index in [1.54, 1.807) is 32.0 Å². The monoisotopic (exact) mass is 298 g/mol. The number of amides is 1. The maximum absolute atomic E-state index is 11.9. The van der Waals surface area contributed by atoms with Crippen LogP contribution in [0.3, 0.4) is 0 Å². The van der Waals surface area contributed by atoms with E-state index in [0.717, 1.165) is 24.2 Å². The number of nitrogens with zero attached hydrogens (tertiary/aromatic N) is 2. The van der Waals surface area contributed by atoms with Gasteiger partial charge in [0.25, 0.3) is 0 Å². The van der Waals surface area contributed by atoms with Gasteiger partial charge < -0.3 is 14.9 Å². The molecule has 5 heteroatoms. The first kappa shape index (κ1) is 16.8. The maximum atomic E-state index is 11.9. The second-order valence-electron chi connectivity index (χ2n) is 5.10. The van der Waals surface area contributed by atoms with Gasteiger partial charge in [-0.25, -0.2) is 0 Å². The van der Waals surface area contributed by atoms with Crippen molar-refractivity contribution in [1.29, 1.82) is 0 Å². The van der Waals surface area contributed by atoms with Crippen molar-refractivity contribution in [3.05, 3.63) is 28.8 Å². The summed E-state index contributed by atoms with van der Waals surface area (Å²) in [5, 5.41) is 10.1. The van der Waals surface area contributed by atoms with Gasteiger partial charge in [-0.05, 0) is 31.0 Å². The van der Waals surface area contributed by atoms with Crippen molar-refractivity contribution in [1.82, 2.24) is 4.90 Å². The molecule has 0 aliphatic carbocycles. The summed E-state index contributed by atoms with van der Waals surface area (Å²) in [5.41, 5.74) is 1.60. The van der Waals surface area contributed by atoms with Crippen LogP contribution in [0.1, 0.15) is 31.9 Å². The summed E-state index contributed by atoms with van der Waals surface area (Å²) in [7, 11) is 3.48. The quantitative estimate of drug-likeness (QED) is 0.878. The maximum Gasteiger partial charge on any atom is 0.241 e. The van der Waals surface area contributed by atoms with Crippen LogP contribution in [0.4, 0.5) is 5.69 Å². The fourth-order valence-electron chi connectivity index (χ4n) is 1.90. The van der Waals surface area contributed by atoms with Crippen LogP contribution >= 0.6 is 11.6 Å². The number of aliphatic hydroxyl groups excluding tert-OH is 1. The number of hydrogen-bond acceptors (Lipinski definition) is 3. The Kier molecular flexibility index (Phi) is 6.30. The fraction of sp³-hybridized carbons (Fsp3) is 0.533. The second-order valence-corrected chi connectivity index (χ2v) is 5.50. The number of carbonyl (C=O) groups excluding carboxylic acids is 1. The Labute approximate surface area is 125 Å². The van der Waals surface area contributed by atoms with E-state index in [0.29, 0.717) is 11.6 Å². The van der Waals surface area contributed by atoms with Crippen molar-refractivity contribution in [2.45, 2.75) is 26.4 Å². The van der Waals surface area contributed by atoms with Gasteiger partial charge in [0, 0.05) is 20.6 Å². The summed E-state index contributed by atoms with van der Waals surface area (Å²) in [4.78, 5) is 15.4. The first-order chi connectivity index (χ1) is 9.36. The Hall–Kier alpha value is -1.26. The molecule has 0 radical (unpaired) electrons. The van der Waals surface area contributed by atoms with E-state index in [1.807, 2.05) is 17.0 Å². The third kappa shape index (κ3) is 4.39. The molecule has 1 amide bonds. The summed E-state index contributed by atoms with van der Waals surface area (Å²) < 4.78 is 0. The number of aliphatic hydroxyl groups is 1. The minimum atomic E-state index is -0.551. The highest BCUT2D eigenvalue weighted by atomic mass is 35.5. The third-order valence-electron chi connectivity index (χ3n) is 3.11. The van der Waals surface area contributed by atoms with Gasteiger partial charge in [-0.15, -0.1) is 0 Å². The molecule has 112 valence electrons. The second kappa shape index (κ2) is 7.50. The smallest absolute Gasteiger partial charge is 0.241 e. The van der Waals surface area contributed by atoms with Crippen LogP contribution in [0.2, 0.25) is 5.02 Å². The summed E-state index contributed by atoms with van der Waals surface area (Å²) in [5.74, 6) is 0.0362. The van der Waals surface area contributed by atoms with Crippen molar-refractivity contribution in [3.63, 3.8) is 0 Å². The Morgan fingerprint density at radius 3 is 2.50 bits per heavy atom. The third-order valence-corrected chi connectivity index (χ3v) is 3.42. The lowest BCUT2D eigenvalue weighted by atomic mass is 10.1. The standard InChI is InChI=1S/C15H23ClN2O2/c1-5-8-18(10-15(20)17(3)4)14-7-6-12(11(2)19)9-13(14)16/h6-7,9,11,19H,5,8,10H2,1-4H3/t11-/m1/s1. The minimum Gasteiger partial charge on any atom is -0.389 e. The lowest BCUT2D eigenvalue weighted by Crippen LogP contribution is -2.37. The molecule has 1 aromatic rings. The Morgan fingerprint density at radius 1 is 1.40 bits per heavy atom. The predicted molar refractivity (Wildman–Crippen MR) is 83.3 cm³/mol. The van der Waals surface area contributed by atoms with Crippen molar-refractivity contribution in [2.75, 3.05) is 32.1 Å². The van der Waals surface area contributed by atoms with E-state index in [4.69, 9.17) is 11.6 Å². The van der Waals surface area contributed by atoms with Gasteiger partial charge in [0.15, 0.2) is 0 Å². The summed E-state index contributed by atoms with van der Waals surface area (Å²) >= 11 is 6.29. The van der Waals surface area contributed by atoms with Crippen LogP contribution in [-0.2, 0) is 4.79 Å². The molecule has 1 aromatic carbocycles. The van der Waals surface area contributed by atoms with Crippen LogP contribution in [0.15, 0.2) is 18.2 Å². The molecule has 1 rings (SSSR count). The molecule has 0 aliphatic rings. The average Bonchev–Trinajstić information content (AvgIpc) is 2.37. The lowest BCUT2D eigenvalue weighted by Gasteiger charge is -2.26. The lowest BCUT2D eigenvalue weighted by molar-refractivity contribution is -0.127. The molecule has 0 unspecified atom stereocenters. The zero-order chi connectivity index (χ0) is 15.3. The largest absolute Gasteiger partial charge is 0.389 e. The summed E-state index contributed by atoms with van der Waals surface area (Å²) in [6.07, 6.45) is 0.374. The molecule has 1 atom stereocenters. The number of hydrogen-bond donors (Lipinski definition) is 1. The highest BCUT2D eigenvalue weighted by molar-refractivity contribution is 6.33. The molecule has 0 saturated heterocycles. The van der Waals surface area contributed by atoms with Gasteiger partial charge in [0.2, 0.25) is 5.91 Å². The van der Waals surface area contributed by atoms with Crippen molar-refractivity contribution < 1.29 is 9.90 Å². The Balaban J connectivity index is 2.99. The van der Waals surface area contributed by atoms with Gasteiger partial charge in [0.1, 0.15) is 0 Å². The number of halogens is 1. The van der Waals surface area contributed by atoms with Crippen molar-refractivity contribution in [2.24, 2.45) is 0 Å². The van der Waals surface area contributed by atoms with Crippen molar-refractivity contribution >= 4 is 23.2 Å². The zero-order valence-electron chi connectivity index (χ0n) is 12.6. The highest BCUT2D eigenvalue weighted by Crippen LogP contribution is 2.29. The van der Waals surface area contributed by atoms with Crippen LogP contribution in [0.25, 0.3) is 0 Å². The Morgan fingerprint density at radius 2 is 2.05 bits per heavy atom. The minimum absolute atomic E-state index is 0.0362. The van der Waals surface area contributed by atoms with Gasteiger partial charge >= 0.3 is 0 Å². The van der Waals surface area contributed by atoms with Crippen LogP contribution in [0.5, 0.6) is 0 Å². The molecule has 0 aromatic heterocycles. The molecule has 0 spiro atoms. The molecule has 0 aliphatic heterocycles. The number of anilines is 1. The highest BCUT2D eigenvalue weighted by Gasteiger charge is 2.16. The molecular formula is C15H23ClN2O2. The molecule has 1 N–H and O–H groups in total.